The van der Waals surface area contributed by atoms with Crippen molar-refractivity contribution in [2.24, 2.45) is 0 Å². The van der Waals surface area contributed by atoms with E-state index in [1.54, 1.807) is 6.08 Å². The van der Waals surface area contributed by atoms with Crippen LogP contribution in [-0.2, 0) is 17.6 Å². The molecule has 0 aliphatic heterocycles. The standard InChI is InChI=1S/C12H12O2/c1-2-8-3-4-9-5-6-10(12(13)14)11(9)7-8/h3-4,6-7H,2,5H2,1H3,(H,13,14). The first-order chi connectivity index (χ1) is 6.72. The summed E-state index contributed by atoms with van der Waals surface area (Å²) in [5.41, 5.74) is 3.67. The molecule has 1 N–H and O–H groups in total. The van der Waals surface area contributed by atoms with Crippen molar-refractivity contribution in [1.82, 2.24) is 0 Å². The Balaban J connectivity index is 2.48. The Morgan fingerprint density at radius 2 is 2.29 bits per heavy atom. The number of benzene rings is 1. The molecule has 1 aliphatic rings. The van der Waals surface area contributed by atoms with Crippen molar-refractivity contribution in [1.29, 1.82) is 0 Å². The molecular weight excluding hydrogens is 176 g/mol. The van der Waals surface area contributed by atoms with Crippen LogP contribution in [-0.4, -0.2) is 11.1 Å². The van der Waals surface area contributed by atoms with Gasteiger partial charge in [-0.25, -0.2) is 4.79 Å². The van der Waals surface area contributed by atoms with Gasteiger partial charge in [0.1, 0.15) is 0 Å². The van der Waals surface area contributed by atoms with Crippen molar-refractivity contribution >= 4 is 11.5 Å². The van der Waals surface area contributed by atoms with Gasteiger partial charge in [0.15, 0.2) is 0 Å². The molecule has 0 spiro atoms. The minimum atomic E-state index is -0.822. The Morgan fingerprint density at radius 1 is 1.50 bits per heavy atom. The van der Waals surface area contributed by atoms with E-state index in [1.165, 1.54) is 5.56 Å². The fraction of sp³-hybridized carbons (Fsp3) is 0.250. The number of carbonyl (C=O) groups is 1. The van der Waals surface area contributed by atoms with E-state index in [2.05, 4.69) is 13.0 Å². The lowest BCUT2D eigenvalue weighted by Crippen LogP contribution is -1.98. The minimum absolute atomic E-state index is 0.454. The van der Waals surface area contributed by atoms with E-state index < -0.39 is 5.97 Å². The molecule has 1 aliphatic carbocycles. The van der Waals surface area contributed by atoms with E-state index >= 15 is 0 Å². The zero-order valence-electron chi connectivity index (χ0n) is 8.08. The van der Waals surface area contributed by atoms with Crippen molar-refractivity contribution in [3.8, 4) is 0 Å². The zero-order chi connectivity index (χ0) is 10.1. The fourth-order valence-electron chi connectivity index (χ4n) is 1.80. The monoisotopic (exact) mass is 188 g/mol. The third-order valence-electron chi connectivity index (χ3n) is 2.63. The molecule has 0 bridgehead atoms. The molecule has 0 unspecified atom stereocenters. The summed E-state index contributed by atoms with van der Waals surface area (Å²) >= 11 is 0. The third kappa shape index (κ3) is 1.33. The third-order valence-corrected chi connectivity index (χ3v) is 2.63. The van der Waals surface area contributed by atoms with Crippen molar-refractivity contribution in [2.45, 2.75) is 19.8 Å². The van der Waals surface area contributed by atoms with Crippen LogP contribution in [0.3, 0.4) is 0 Å². The van der Waals surface area contributed by atoms with Gasteiger partial charge in [0.05, 0.1) is 5.57 Å². The maximum absolute atomic E-state index is 10.9. The van der Waals surface area contributed by atoms with Gasteiger partial charge in [-0.15, -0.1) is 0 Å². The summed E-state index contributed by atoms with van der Waals surface area (Å²) in [6, 6.07) is 6.08. The van der Waals surface area contributed by atoms with Gasteiger partial charge in [-0.1, -0.05) is 31.2 Å². The van der Waals surface area contributed by atoms with Crippen LogP contribution in [0.1, 0.15) is 23.6 Å². The second-order valence-corrected chi connectivity index (χ2v) is 3.47. The maximum atomic E-state index is 10.9. The molecule has 1 aromatic rings. The zero-order valence-corrected chi connectivity index (χ0v) is 8.08. The first kappa shape index (κ1) is 9.00. The van der Waals surface area contributed by atoms with Crippen LogP contribution in [0, 0.1) is 0 Å². The van der Waals surface area contributed by atoms with Crippen molar-refractivity contribution in [3.05, 3.63) is 41.0 Å². The van der Waals surface area contributed by atoms with Crippen LogP contribution < -0.4 is 0 Å². The highest BCUT2D eigenvalue weighted by Crippen LogP contribution is 2.28. The fourth-order valence-corrected chi connectivity index (χ4v) is 1.80. The molecule has 0 saturated carbocycles. The van der Waals surface area contributed by atoms with E-state index in [-0.39, 0.29) is 0 Å². The minimum Gasteiger partial charge on any atom is -0.478 e. The lowest BCUT2D eigenvalue weighted by Gasteiger charge is -2.04. The Bertz CT molecular complexity index is 416. The molecule has 0 fully saturated rings. The summed E-state index contributed by atoms with van der Waals surface area (Å²) in [7, 11) is 0. The van der Waals surface area contributed by atoms with Gasteiger partial charge in [-0.05, 0) is 29.5 Å². The quantitative estimate of drug-likeness (QED) is 0.773. The molecule has 0 radical (unpaired) electrons. The molecule has 0 amide bonds. The summed E-state index contributed by atoms with van der Waals surface area (Å²) in [4.78, 5) is 10.9. The van der Waals surface area contributed by atoms with Gasteiger partial charge in [0, 0.05) is 0 Å². The van der Waals surface area contributed by atoms with Crippen molar-refractivity contribution in [3.63, 3.8) is 0 Å². The summed E-state index contributed by atoms with van der Waals surface area (Å²) in [5, 5.41) is 8.96. The Kier molecular flexibility index (Phi) is 2.12. The number of aryl methyl sites for hydroxylation is 1. The van der Waals surface area contributed by atoms with Crippen LogP contribution in [0.2, 0.25) is 0 Å². The highest BCUT2D eigenvalue weighted by atomic mass is 16.4. The molecule has 2 rings (SSSR count). The van der Waals surface area contributed by atoms with Crippen LogP contribution in [0.4, 0.5) is 0 Å². The summed E-state index contributed by atoms with van der Waals surface area (Å²) in [6.45, 7) is 2.07. The number of fused-ring (bicyclic) bond motifs is 1. The smallest absolute Gasteiger partial charge is 0.335 e. The highest BCUT2D eigenvalue weighted by molar-refractivity contribution is 6.17. The summed E-state index contributed by atoms with van der Waals surface area (Å²) in [6.07, 6.45) is 3.48. The van der Waals surface area contributed by atoms with E-state index in [9.17, 15) is 4.79 Å². The number of rotatable bonds is 2. The average molecular weight is 188 g/mol. The molecule has 0 aromatic heterocycles. The largest absolute Gasteiger partial charge is 0.478 e. The second-order valence-electron chi connectivity index (χ2n) is 3.47. The first-order valence-electron chi connectivity index (χ1n) is 4.78. The van der Waals surface area contributed by atoms with Gasteiger partial charge < -0.3 is 5.11 Å². The lowest BCUT2D eigenvalue weighted by molar-refractivity contribution is -0.130. The number of hydrogen-bond acceptors (Lipinski definition) is 1. The molecule has 14 heavy (non-hydrogen) atoms. The van der Waals surface area contributed by atoms with Gasteiger partial charge >= 0.3 is 5.97 Å². The highest BCUT2D eigenvalue weighted by Gasteiger charge is 2.19. The van der Waals surface area contributed by atoms with Crippen LogP contribution >= 0.6 is 0 Å². The van der Waals surface area contributed by atoms with Gasteiger partial charge in [0.2, 0.25) is 0 Å². The Morgan fingerprint density at radius 3 is 2.93 bits per heavy atom. The molecule has 72 valence electrons. The lowest BCUT2D eigenvalue weighted by atomic mass is 10.0. The number of allylic oxidation sites excluding steroid dienone is 1. The number of carboxylic acids is 1. The number of aliphatic carboxylic acids is 1. The first-order valence-corrected chi connectivity index (χ1v) is 4.78. The topological polar surface area (TPSA) is 37.3 Å². The number of carboxylic acid groups (broad SMARTS) is 1. The molecule has 2 nitrogen and oxygen atoms in total. The SMILES string of the molecule is CCc1ccc2c(c1)C(C(=O)O)=CC2. The molecule has 1 aromatic carbocycles. The molecular formula is C12H12O2. The predicted molar refractivity (Wildman–Crippen MR) is 55.1 cm³/mol. The van der Waals surface area contributed by atoms with Crippen LogP contribution in [0.25, 0.3) is 5.57 Å². The Labute approximate surface area is 82.9 Å². The molecule has 2 heteroatoms. The normalized spacial score (nSPS) is 13.6. The van der Waals surface area contributed by atoms with E-state index in [4.69, 9.17) is 5.11 Å². The number of hydrogen-bond donors (Lipinski definition) is 1. The average Bonchev–Trinajstić information content (AvgIpc) is 2.59. The molecule has 0 atom stereocenters. The second kappa shape index (κ2) is 3.29. The van der Waals surface area contributed by atoms with Gasteiger partial charge in [0.25, 0.3) is 0 Å². The van der Waals surface area contributed by atoms with Gasteiger partial charge in [-0.3, -0.25) is 0 Å². The van der Waals surface area contributed by atoms with Crippen molar-refractivity contribution < 1.29 is 9.90 Å². The Hall–Kier alpha value is -1.57. The predicted octanol–water partition coefficient (Wildman–Crippen LogP) is 2.27. The molecule has 0 saturated heterocycles. The van der Waals surface area contributed by atoms with Gasteiger partial charge in [-0.2, -0.15) is 0 Å². The summed E-state index contributed by atoms with van der Waals surface area (Å²) < 4.78 is 0. The molecule has 0 heterocycles. The van der Waals surface area contributed by atoms with Crippen molar-refractivity contribution in [2.75, 3.05) is 0 Å². The van der Waals surface area contributed by atoms with E-state index in [1.807, 2.05) is 12.1 Å². The van der Waals surface area contributed by atoms with E-state index in [0.717, 1.165) is 24.0 Å². The summed E-state index contributed by atoms with van der Waals surface area (Å²) in [5.74, 6) is -0.822. The van der Waals surface area contributed by atoms with Crippen LogP contribution in [0.15, 0.2) is 24.3 Å². The van der Waals surface area contributed by atoms with E-state index in [0.29, 0.717) is 5.57 Å². The van der Waals surface area contributed by atoms with Crippen LogP contribution in [0.5, 0.6) is 0 Å². The maximum Gasteiger partial charge on any atom is 0.335 e.